The van der Waals surface area contributed by atoms with Gasteiger partial charge in [-0.15, -0.1) is 0 Å². The van der Waals surface area contributed by atoms with Crippen molar-refractivity contribution in [2.24, 2.45) is 5.92 Å². The van der Waals surface area contributed by atoms with Gasteiger partial charge < -0.3 is 14.8 Å². The van der Waals surface area contributed by atoms with Gasteiger partial charge in [0.1, 0.15) is 0 Å². The summed E-state index contributed by atoms with van der Waals surface area (Å²) in [5.74, 6) is 1.07. The summed E-state index contributed by atoms with van der Waals surface area (Å²) in [6.07, 6.45) is 7.05. The minimum absolute atomic E-state index is 0.0456. The summed E-state index contributed by atoms with van der Waals surface area (Å²) in [5.41, 5.74) is 0.0456. The fraction of sp³-hybridized carbons (Fsp3) is 0.733. The molecule has 1 aliphatic heterocycles. The lowest BCUT2D eigenvalue weighted by atomic mass is 10.0. The lowest BCUT2D eigenvalue weighted by molar-refractivity contribution is 0.438. The SMILES string of the molecule is CNCC1CCCCN1c1nccn(CC(C)C)c1=O. The zero-order chi connectivity index (χ0) is 14.5. The molecule has 0 radical (unpaired) electrons. The van der Waals surface area contributed by atoms with E-state index in [9.17, 15) is 4.79 Å². The molecule has 1 atom stereocenters. The summed E-state index contributed by atoms with van der Waals surface area (Å²) < 4.78 is 1.79. The number of hydrogen-bond donors (Lipinski definition) is 1. The number of rotatable bonds is 5. The van der Waals surface area contributed by atoms with Gasteiger partial charge in [-0.2, -0.15) is 0 Å². The topological polar surface area (TPSA) is 50.2 Å². The van der Waals surface area contributed by atoms with E-state index in [2.05, 4.69) is 29.0 Å². The molecule has 20 heavy (non-hydrogen) atoms. The van der Waals surface area contributed by atoms with Gasteiger partial charge in [-0.3, -0.25) is 4.79 Å². The Balaban J connectivity index is 2.28. The average Bonchev–Trinajstić information content (AvgIpc) is 2.42. The van der Waals surface area contributed by atoms with E-state index in [1.807, 2.05) is 7.05 Å². The highest BCUT2D eigenvalue weighted by atomic mass is 16.1. The molecule has 1 aromatic rings. The largest absolute Gasteiger partial charge is 0.348 e. The van der Waals surface area contributed by atoms with Gasteiger partial charge in [0, 0.05) is 38.1 Å². The van der Waals surface area contributed by atoms with Gasteiger partial charge >= 0.3 is 0 Å². The molecule has 0 aliphatic carbocycles. The molecule has 0 aromatic carbocycles. The Kier molecular flexibility index (Phi) is 5.17. The third-order valence-corrected chi connectivity index (χ3v) is 3.80. The molecule has 0 amide bonds. The monoisotopic (exact) mass is 278 g/mol. The quantitative estimate of drug-likeness (QED) is 0.886. The van der Waals surface area contributed by atoms with Crippen molar-refractivity contribution in [3.8, 4) is 0 Å². The third-order valence-electron chi connectivity index (χ3n) is 3.80. The molecular weight excluding hydrogens is 252 g/mol. The van der Waals surface area contributed by atoms with Crippen LogP contribution in [0.15, 0.2) is 17.2 Å². The molecule has 112 valence electrons. The number of anilines is 1. The van der Waals surface area contributed by atoms with Crippen LogP contribution in [0.25, 0.3) is 0 Å². The van der Waals surface area contributed by atoms with Crippen molar-refractivity contribution in [2.45, 2.75) is 45.7 Å². The zero-order valence-electron chi connectivity index (χ0n) is 12.8. The Bertz CT molecular complexity index is 481. The number of nitrogens with zero attached hydrogens (tertiary/aromatic N) is 3. The van der Waals surface area contributed by atoms with Crippen LogP contribution in [0.5, 0.6) is 0 Å². The average molecular weight is 278 g/mol. The van der Waals surface area contributed by atoms with E-state index in [0.29, 0.717) is 17.8 Å². The van der Waals surface area contributed by atoms with Crippen LogP contribution in [0.3, 0.4) is 0 Å². The second-order valence-corrected chi connectivity index (χ2v) is 6.00. The van der Waals surface area contributed by atoms with Crippen LogP contribution >= 0.6 is 0 Å². The van der Waals surface area contributed by atoms with E-state index in [0.717, 1.165) is 32.5 Å². The van der Waals surface area contributed by atoms with Crippen molar-refractivity contribution in [2.75, 3.05) is 25.0 Å². The van der Waals surface area contributed by atoms with E-state index in [4.69, 9.17) is 0 Å². The maximum atomic E-state index is 12.6. The maximum absolute atomic E-state index is 12.6. The number of nitrogens with one attached hydrogen (secondary N) is 1. The van der Waals surface area contributed by atoms with Crippen molar-refractivity contribution in [3.63, 3.8) is 0 Å². The molecule has 1 N–H and O–H groups in total. The minimum Gasteiger partial charge on any atom is -0.348 e. The first-order chi connectivity index (χ1) is 9.63. The van der Waals surface area contributed by atoms with Crippen molar-refractivity contribution >= 4 is 5.82 Å². The van der Waals surface area contributed by atoms with Crippen LogP contribution < -0.4 is 15.8 Å². The summed E-state index contributed by atoms with van der Waals surface area (Å²) in [5, 5.41) is 3.23. The molecule has 0 spiro atoms. The van der Waals surface area contributed by atoms with Crippen LogP contribution in [-0.2, 0) is 6.54 Å². The Morgan fingerprint density at radius 3 is 2.95 bits per heavy atom. The molecule has 1 aliphatic rings. The normalized spacial score (nSPS) is 19.6. The van der Waals surface area contributed by atoms with E-state index in [1.165, 1.54) is 6.42 Å². The van der Waals surface area contributed by atoms with Gasteiger partial charge in [0.2, 0.25) is 0 Å². The summed E-state index contributed by atoms with van der Waals surface area (Å²) in [6.45, 7) is 6.83. The van der Waals surface area contributed by atoms with Crippen molar-refractivity contribution in [1.29, 1.82) is 0 Å². The molecule has 0 saturated carbocycles. The molecule has 5 heteroatoms. The second kappa shape index (κ2) is 6.88. The van der Waals surface area contributed by atoms with Crippen molar-refractivity contribution < 1.29 is 0 Å². The molecule has 0 bridgehead atoms. The second-order valence-electron chi connectivity index (χ2n) is 6.00. The van der Waals surface area contributed by atoms with Crippen LogP contribution in [0.4, 0.5) is 5.82 Å². The van der Waals surface area contributed by atoms with Gasteiger partial charge in [0.05, 0.1) is 0 Å². The Hall–Kier alpha value is -1.36. The van der Waals surface area contributed by atoms with Crippen molar-refractivity contribution in [1.82, 2.24) is 14.9 Å². The molecule has 2 heterocycles. The lowest BCUT2D eigenvalue weighted by Crippen LogP contribution is -2.48. The Labute approximate surface area is 121 Å². The summed E-state index contributed by atoms with van der Waals surface area (Å²) in [6, 6.07) is 0.379. The fourth-order valence-corrected chi connectivity index (χ4v) is 2.90. The number of aromatic nitrogens is 2. The first-order valence-corrected chi connectivity index (χ1v) is 7.60. The summed E-state index contributed by atoms with van der Waals surface area (Å²) in [7, 11) is 1.96. The number of hydrogen-bond acceptors (Lipinski definition) is 4. The summed E-state index contributed by atoms with van der Waals surface area (Å²) in [4.78, 5) is 19.2. The molecule has 1 fully saturated rings. The Morgan fingerprint density at radius 2 is 2.25 bits per heavy atom. The highest BCUT2D eigenvalue weighted by Crippen LogP contribution is 2.20. The van der Waals surface area contributed by atoms with Gasteiger partial charge in [-0.1, -0.05) is 13.8 Å². The van der Waals surface area contributed by atoms with E-state index < -0.39 is 0 Å². The van der Waals surface area contributed by atoms with E-state index >= 15 is 0 Å². The zero-order valence-corrected chi connectivity index (χ0v) is 12.8. The van der Waals surface area contributed by atoms with Gasteiger partial charge in [0.15, 0.2) is 5.82 Å². The van der Waals surface area contributed by atoms with Crippen molar-refractivity contribution in [3.05, 3.63) is 22.7 Å². The summed E-state index contributed by atoms with van der Waals surface area (Å²) >= 11 is 0. The maximum Gasteiger partial charge on any atom is 0.293 e. The Morgan fingerprint density at radius 1 is 1.45 bits per heavy atom. The standard InChI is InChI=1S/C15H26N4O/c1-12(2)11-18-9-7-17-14(15(18)20)19-8-5-4-6-13(19)10-16-3/h7,9,12-13,16H,4-6,8,10-11H2,1-3H3. The van der Waals surface area contributed by atoms with E-state index in [1.54, 1.807) is 17.0 Å². The highest BCUT2D eigenvalue weighted by Gasteiger charge is 2.25. The first-order valence-electron chi connectivity index (χ1n) is 7.60. The molecule has 1 unspecified atom stereocenters. The fourth-order valence-electron chi connectivity index (χ4n) is 2.90. The highest BCUT2D eigenvalue weighted by molar-refractivity contribution is 5.38. The van der Waals surface area contributed by atoms with Gasteiger partial charge in [0.25, 0.3) is 5.56 Å². The first kappa shape index (κ1) is 15.0. The molecule has 5 nitrogen and oxygen atoms in total. The predicted octanol–water partition coefficient (Wildman–Crippen LogP) is 1.48. The van der Waals surface area contributed by atoms with Gasteiger partial charge in [-0.05, 0) is 32.2 Å². The van der Waals surface area contributed by atoms with Gasteiger partial charge in [-0.25, -0.2) is 4.98 Å². The van der Waals surface area contributed by atoms with Crippen LogP contribution in [0.1, 0.15) is 33.1 Å². The van der Waals surface area contributed by atoms with Crippen LogP contribution in [0.2, 0.25) is 0 Å². The third kappa shape index (κ3) is 3.39. The van der Waals surface area contributed by atoms with Crippen LogP contribution in [0, 0.1) is 5.92 Å². The molecular formula is C15H26N4O. The number of piperidine rings is 1. The number of likely N-dealkylation sites (N-methyl/N-ethyl adjacent to an activating group) is 1. The molecule has 1 saturated heterocycles. The molecule has 1 aromatic heterocycles. The lowest BCUT2D eigenvalue weighted by Gasteiger charge is -2.36. The molecule has 2 rings (SSSR count). The van der Waals surface area contributed by atoms with Crippen LogP contribution in [-0.4, -0.2) is 35.7 Å². The predicted molar refractivity (Wildman–Crippen MR) is 82.2 cm³/mol. The van der Waals surface area contributed by atoms with E-state index in [-0.39, 0.29) is 5.56 Å². The smallest absolute Gasteiger partial charge is 0.293 e. The minimum atomic E-state index is 0.0456.